The van der Waals surface area contributed by atoms with Crippen molar-refractivity contribution in [2.75, 3.05) is 7.11 Å². The number of aromatic amines is 1. The fraction of sp³-hybridized carbons (Fsp3) is 0.118. The molecule has 0 aliphatic carbocycles. The van der Waals surface area contributed by atoms with Gasteiger partial charge in [-0.3, -0.25) is 4.79 Å². The van der Waals surface area contributed by atoms with Crippen molar-refractivity contribution in [1.82, 2.24) is 9.71 Å². The average Bonchev–Trinajstić information content (AvgIpc) is 2.60. The smallest absolute Gasteiger partial charge is 0.248 e. The Morgan fingerprint density at radius 2 is 1.79 bits per heavy atom. The molecule has 0 spiro atoms. The van der Waals surface area contributed by atoms with Gasteiger partial charge >= 0.3 is 0 Å². The van der Waals surface area contributed by atoms with Crippen molar-refractivity contribution < 1.29 is 13.2 Å². The summed E-state index contributed by atoms with van der Waals surface area (Å²) in [5.74, 6) is 0.713. The highest BCUT2D eigenvalue weighted by atomic mass is 32.2. The molecule has 0 aliphatic heterocycles. The third-order valence-corrected chi connectivity index (χ3v) is 5.03. The number of hydrogen-bond donors (Lipinski definition) is 2. The molecule has 0 aliphatic rings. The van der Waals surface area contributed by atoms with E-state index in [4.69, 9.17) is 4.74 Å². The Morgan fingerprint density at radius 1 is 1.04 bits per heavy atom. The Balaban J connectivity index is 1.81. The van der Waals surface area contributed by atoms with E-state index in [-0.39, 0.29) is 17.0 Å². The van der Waals surface area contributed by atoms with Crippen LogP contribution in [0.4, 0.5) is 0 Å². The summed E-state index contributed by atoms with van der Waals surface area (Å²) < 4.78 is 32.5. The summed E-state index contributed by atoms with van der Waals surface area (Å²) in [6, 6.07) is 14.7. The zero-order valence-corrected chi connectivity index (χ0v) is 13.8. The van der Waals surface area contributed by atoms with Crippen molar-refractivity contribution in [2.24, 2.45) is 0 Å². The SMILES string of the molecule is COc1ccc(CNS(=O)(=O)c2ccc3[nH]c(=O)ccc3c2)cc1. The van der Waals surface area contributed by atoms with Gasteiger partial charge < -0.3 is 9.72 Å². The minimum absolute atomic E-state index is 0.149. The number of hydrogen-bond acceptors (Lipinski definition) is 4. The van der Waals surface area contributed by atoms with E-state index in [0.29, 0.717) is 16.7 Å². The van der Waals surface area contributed by atoms with Gasteiger partial charge in [0.1, 0.15) is 5.75 Å². The topological polar surface area (TPSA) is 88.3 Å². The first-order chi connectivity index (χ1) is 11.5. The van der Waals surface area contributed by atoms with Gasteiger partial charge in [0.15, 0.2) is 0 Å². The van der Waals surface area contributed by atoms with Crippen LogP contribution in [0.5, 0.6) is 5.75 Å². The molecule has 24 heavy (non-hydrogen) atoms. The standard InChI is InChI=1S/C17H16N2O4S/c1-23-14-5-2-12(3-6-14)11-18-24(21,22)15-7-8-16-13(10-15)4-9-17(20)19-16/h2-10,18H,11H2,1H3,(H,19,20). The van der Waals surface area contributed by atoms with E-state index < -0.39 is 10.0 Å². The molecule has 3 aromatic rings. The largest absolute Gasteiger partial charge is 0.497 e. The van der Waals surface area contributed by atoms with Crippen molar-refractivity contribution in [3.63, 3.8) is 0 Å². The molecule has 7 heteroatoms. The molecule has 2 N–H and O–H groups in total. The minimum Gasteiger partial charge on any atom is -0.497 e. The third kappa shape index (κ3) is 3.47. The second kappa shape index (κ2) is 6.46. The van der Waals surface area contributed by atoms with Gasteiger partial charge in [-0.15, -0.1) is 0 Å². The monoisotopic (exact) mass is 344 g/mol. The maximum atomic E-state index is 12.4. The minimum atomic E-state index is -3.65. The van der Waals surface area contributed by atoms with E-state index in [2.05, 4.69) is 9.71 Å². The lowest BCUT2D eigenvalue weighted by molar-refractivity contribution is 0.414. The second-order valence-corrected chi connectivity index (χ2v) is 7.01. The van der Waals surface area contributed by atoms with Gasteiger partial charge in [-0.1, -0.05) is 12.1 Å². The number of rotatable bonds is 5. The van der Waals surface area contributed by atoms with Crippen molar-refractivity contribution in [3.05, 3.63) is 70.5 Å². The van der Waals surface area contributed by atoms with Gasteiger partial charge in [0.05, 0.1) is 12.0 Å². The van der Waals surface area contributed by atoms with Gasteiger partial charge in [0, 0.05) is 18.1 Å². The first-order valence-electron chi connectivity index (χ1n) is 7.24. The zero-order valence-electron chi connectivity index (χ0n) is 12.9. The van der Waals surface area contributed by atoms with Crippen LogP contribution in [-0.4, -0.2) is 20.5 Å². The molecule has 1 heterocycles. The van der Waals surface area contributed by atoms with E-state index in [0.717, 1.165) is 5.56 Å². The molecule has 3 rings (SSSR count). The van der Waals surface area contributed by atoms with Gasteiger partial charge in [-0.25, -0.2) is 13.1 Å². The van der Waals surface area contributed by atoms with Crippen molar-refractivity contribution >= 4 is 20.9 Å². The number of H-pyrrole nitrogens is 1. The van der Waals surface area contributed by atoms with Crippen LogP contribution < -0.4 is 15.0 Å². The van der Waals surface area contributed by atoms with Crippen LogP contribution in [0, 0.1) is 0 Å². The molecule has 0 amide bonds. The predicted octanol–water partition coefficient (Wildman–Crippen LogP) is 2.02. The van der Waals surface area contributed by atoms with Crippen LogP contribution in [0.15, 0.2) is 64.3 Å². The first-order valence-corrected chi connectivity index (χ1v) is 8.72. The highest BCUT2D eigenvalue weighted by molar-refractivity contribution is 7.89. The van der Waals surface area contributed by atoms with Crippen LogP contribution in [0.2, 0.25) is 0 Å². The maximum absolute atomic E-state index is 12.4. The van der Waals surface area contributed by atoms with E-state index >= 15 is 0 Å². The predicted molar refractivity (Wildman–Crippen MR) is 91.6 cm³/mol. The first kappa shape index (κ1) is 16.2. The van der Waals surface area contributed by atoms with Crippen molar-refractivity contribution in [2.45, 2.75) is 11.4 Å². The summed E-state index contributed by atoms with van der Waals surface area (Å²) in [4.78, 5) is 14.1. The molecular weight excluding hydrogens is 328 g/mol. The number of pyridine rings is 1. The normalized spacial score (nSPS) is 11.5. The van der Waals surface area contributed by atoms with Crippen molar-refractivity contribution in [3.8, 4) is 5.75 Å². The number of methoxy groups -OCH3 is 1. The molecule has 0 saturated carbocycles. The Morgan fingerprint density at radius 3 is 2.50 bits per heavy atom. The van der Waals surface area contributed by atoms with Gasteiger partial charge in [-0.2, -0.15) is 0 Å². The lowest BCUT2D eigenvalue weighted by atomic mass is 10.2. The van der Waals surface area contributed by atoms with E-state index in [1.165, 1.54) is 18.2 Å². The van der Waals surface area contributed by atoms with E-state index in [1.807, 2.05) is 0 Å². The summed E-state index contributed by atoms with van der Waals surface area (Å²) in [7, 11) is -2.07. The molecule has 0 unspecified atom stereocenters. The quantitative estimate of drug-likeness (QED) is 0.741. The molecule has 0 saturated heterocycles. The molecule has 124 valence electrons. The Hall–Kier alpha value is -2.64. The van der Waals surface area contributed by atoms with Crippen LogP contribution in [0.3, 0.4) is 0 Å². The molecule has 0 radical (unpaired) electrons. The van der Waals surface area contributed by atoms with Gasteiger partial charge in [-0.05, 0) is 47.3 Å². The second-order valence-electron chi connectivity index (χ2n) is 5.24. The number of sulfonamides is 1. The number of fused-ring (bicyclic) bond motifs is 1. The summed E-state index contributed by atoms with van der Waals surface area (Å²) in [5, 5.41) is 0.655. The molecule has 1 aromatic heterocycles. The fourth-order valence-electron chi connectivity index (χ4n) is 2.30. The molecule has 0 atom stereocenters. The molecule has 0 bridgehead atoms. The van der Waals surface area contributed by atoms with Crippen LogP contribution in [0.1, 0.15) is 5.56 Å². The Kier molecular flexibility index (Phi) is 4.37. The number of aromatic nitrogens is 1. The lowest BCUT2D eigenvalue weighted by Crippen LogP contribution is -2.23. The maximum Gasteiger partial charge on any atom is 0.248 e. The van der Waals surface area contributed by atoms with E-state index in [1.54, 1.807) is 43.5 Å². The fourth-order valence-corrected chi connectivity index (χ4v) is 3.36. The van der Waals surface area contributed by atoms with E-state index in [9.17, 15) is 13.2 Å². The van der Waals surface area contributed by atoms with Crippen LogP contribution >= 0.6 is 0 Å². The van der Waals surface area contributed by atoms with Gasteiger partial charge in [0.2, 0.25) is 15.6 Å². The molecular formula is C17H16N2O4S. The Bertz CT molecular complexity index is 1020. The lowest BCUT2D eigenvalue weighted by Gasteiger charge is -2.08. The third-order valence-electron chi connectivity index (χ3n) is 3.63. The van der Waals surface area contributed by atoms with Crippen LogP contribution in [-0.2, 0) is 16.6 Å². The highest BCUT2D eigenvalue weighted by Gasteiger charge is 2.14. The molecule has 2 aromatic carbocycles. The number of nitrogens with one attached hydrogen (secondary N) is 2. The molecule has 0 fully saturated rings. The summed E-state index contributed by atoms with van der Waals surface area (Å²) in [6.07, 6.45) is 0. The van der Waals surface area contributed by atoms with Crippen molar-refractivity contribution in [1.29, 1.82) is 0 Å². The number of ether oxygens (including phenoxy) is 1. The summed E-state index contributed by atoms with van der Waals surface area (Å²) in [5.41, 5.74) is 1.19. The molecule has 6 nitrogen and oxygen atoms in total. The van der Waals surface area contributed by atoms with Crippen LogP contribution in [0.25, 0.3) is 10.9 Å². The van der Waals surface area contributed by atoms with Gasteiger partial charge in [0.25, 0.3) is 0 Å². The summed E-state index contributed by atoms with van der Waals surface area (Å²) >= 11 is 0. The number of benzene rings is 2. The summed E-state index contributed by atoms with van der Waals surface area (Å²) in [6.45, 7) is 0.177. The zero-order chi connectivity index (χ0) is 17.2. The Labute approximate surface area is 139 Å². The highest BCUT2D eigenvalue weighted by Crippen LogP contribution is 2.17. The average molecular weight is 344 g/mol.